The quantitative estimate of drug-likeness (QED) is 0.679. The molecule has 0 radical (unpaired) electrons. The first-order valence-electron chi connectivity index (χ1n) is 9.03. The van der Waals surface area contributed by atoms with Gasteiger partial charge in [0, 0.05) is 12.6 Å². The minimum absolute atomic E-state index is 0.0524. The van der Waals surface area contributed by atoms with Gasteiger partial charge in [-0.1, -0.05) is 66.2 Å². The minimum Gasteiger partial charge on any atom is -0.344 e. The van der Waals surface area contributed by atoms with Crippen molar-refractivity contribution in [1.82, 2.24) is 10.3 Å². The number of aromatic nitrogens is 1. The molecular weight excluding hydrogens is 320 g/mol. The summed E-state index contributed by atoms with van der Waals surface area (Å²) in [6, 6.07) is 24.0. The van der Waals surface area contributed by atoms with Crippen molar-refractivity contribution in [1.29, 1.82) is 0 Å². The van der Waals surface area contributed by atoms with Gasteiger partial charge in [-0.05, 0) is 43.0 Å². The van der Waals surface area contributed by atoms with Gasteiger partial charge < -0.3 is 5.32 Å². The number of carbonyl (C=O) groups excluding carboxylic acids is 1. The molecule has 3 aromatic rings. The first-order chi connectivity index (χ1) is 12.7. The van der Waals surface area contributed by atoms with Crippen LogP contribution in [-0.2, 0) is 11.2 Å². The highest BCUT2D eigenvalue weighted by atomic mass is 16.1. The summed E-state index contributed by atoms with van der Waals surface area (Å²) in [4.78, 5) is 16.9. The van der Waals surface area contributed by atoms with E-state index in [4.69, 9.17) is 0 Å². The van der Waals surface area contributed by atoms with Crippen molar-refractivity contribution < 1.29 is 4.79 Å². The second kappa shape index (κ2) is 8.95. The number of amides is 1. The third-order valence-electron chi connectivity index (χ3n) is 4.41. The number of aryl methyl sites for hydroxylation is 2. The van der Waals surface area contributed by atoms with Crippen LogP contribution >= 0.6 is 0 Å². The predicted molar refractivity (Wildman–Crippen MR) is 105 cm³/mol. The number of benzene rings is 2. The fraction of sp³-hybridized carbons (Fsp3) is 0.217. The Morgan fingerprint density at radius 3 is 2.38 bits per heavy atom. The van der Waals surface area contributed by atoms with Crippen LogP contribution in [-0.4, -0.2) is 10.9 Å². The van der Waals surface area contributed by atoms with E-state index >= 15 is 0 Å². The number of hydrogen-bond donors (Lipinski definition) is 1. The highest BCUT2D eigenvalue weighted by molar-refractivity contribution is 5.76. The number of nitrogens with one attached hydrogen (secondary N) is 1. The van der Waals surface area contributed by atoms with E-state index in [2.05, 4.69) is 41.5 Å². The van der Waals surface area contributed by atoms with Gasteiger partial charge in [0.05, 0.1) is 11.7 Å². The first-order valence-corrected chi connectivity index (χ1v) is 9.03. The SMILES string of the molecule is Cc1ccc(CCCC(=O)N[C@H](c2ccccc2)c2ccccn2)cc1. The van der Waals surface area contributed by atoms with Gasteiger partial charge in [0.25, 0.3) is 0 Å². The van der Waals surface area contributed by atoms with Crippen molar-refractivity contribution in [3.63, 3.8) is 0 Å². The normalized spacial score (nSPS) is 11.7. The predicted octanol–water partition coefficient (Wildman–Crippen LogP) is 4.62. The molecule has 2 aromatic carbocycles. The molecule has 0 saturated heterocycles. The summed E-state index contributed by atoms with van der Waals surface area (Å²) in [7, 11) is 0. The molecule has 3 rings (SSSR count). The third-order valence-corrected chi connectivity index (χ3v) is 4.41. The average molecular weight is 344 g/mol. The smallest absolute Gasteiger partial charge is 0.220 e. The topological polar surface area (TPSA) is 42.0 Å². The Hall–Kier alpha value is -2.94. The standard InChI is InChI=1S/C23H24N2O/c1-18-13-15-19(16-14-18)8-7-12-22(26)25-23(20-9-3-2-4-10-20)21-11-5-6-17-24-21/h2-6,9-11,13-17,23H,7-8,12H2,1H3,(H,25,26)/t23-/m1/s1. The largest absolute Gasteiger partial charge is 0.344 e. The molecule has 132 valence electrons. The summed E-state index contributed by atoms with van der Waals surface area (Å²) < 4.78 is 0. The lowest BCUT2D eigenvalue weighted by Gasteiger charge is -2.19. The van der Waals surface area contributed by atoms with Gasteiger partial charge in [-0.25, -0.2) is 0 Å². The molecule has 0 aliphatic rings. The van der Waals surface area contributed by atoms with Crippen molar-refractivity contribution in [2.24, 2.45) is 0 Å². The third kappa shape index (κ3) is 5.03. The van der Waals surface area contributed by atoms with Gasteiger partial charge >= 0.3 is 0 Å². The maximum absolute atomic E-state index is 12.5. The summed E-state index contributed by atoms with van der Waals surface area (Å²) >= 11 is 0. The molecule has 26 heavy (non-hydrogen) atoms. The highest BCUT2D eigenvalue weighted by Gasteiger charge is 2.17. The maximum atomic E-state index is 12.5. The second-order valence-electron chi connectivity index (χ2n) is 6.50. The van der Waals surface area contributed by atoms with E-state index < -0.39 is 0 Å². The van der Waals surface area contributed by atoms with E-state index in [1.165, 1.54) is 11.1 Å². The number of pyridine rings is 1. The Bertz CT molecular complexity index is 774. The van der Waals surface area contributed by atoms with Crippen molar-refractivity contribution in [3.05, 3.63) is 101 Å². The summed E-state index contributed by atoms with van der Waals surface area (Å²) in [5, 5.41) is 3.14. The number of carbonyl (C=O) groups is 1. The summed E-state index contributed by atoms with van der Waals surface area (Å²) in [6.07, 6.45) is 4.00. The number of hydrogen-bond acceptors (Lipinski definition) is 2. The molecule has 1 amide bonds. The molecule has 3 heteroatoms. The molecule has 0 saturated carbocycles. The summed E-state index contributed by atoms with van der Waals surface area (Å²) in [5.74, 6) is 0.0524. The van der Waals surface area contributed by atoms with Crippen LogP contribution in [0.1, 0.15) is 41.3 Å². The van der Waals surface area contributed by atoms with E-state index in [0.29, 0.717) is 6.42 Å². The monoisotopic (exact) mass is 344 g/mol. The van der Waals surface area contributed by atoms with Gasteiger partial charge in [-0.3, -0.25) is 9.78 Å². The van der Waals surface area contributed by atoms with E-state index in [9.17, 15) is 4.79 Å². The summed E-state index contributed by atoms with van der Waals surface area (Å²) in [5.41, 5.74) is 4.42. The van der Waals surface area contributed by atoms with Crippen molar-refractivity contribution in [3.8, 4) is 0 Å². The lowest BCUT2D eigenvalue weighted by atomic mass is 10.0. The molecule has 0 fully saturated rings. The Balaban J connectivity index is 1.61. The Labute approximate surface area is 155 Å². The fourth-order valence-electron chi connectivity index (χ4n) is 2.96. The van der Waals surface area contributed by atoms with Gasteiger partial charge in [-0.15, -0.1) is 0 Å². The van der Waals surface area contributed by atoms with Crippen molar-refractivity contribution in [2.75, 3.05) is 0 Å². The molecule has 0 bridgehead atoms. The minimum atomic E-state index is -0.218. The highest BCUT2D eigenvalue weighted by Crippen LogP contribution is 2.20. The molecule has 0 aliphatic heterocycles. The van der Waals surface area contributed by atoms with Crippen LogP contribution in [0.2, 0.25) is 0 Å². The molecule has 1 atom stereocenters. The molecule has 1 N–H and O–H groups in total. The Kier molecular flexibility index (Phi) is 6.15. The van der Waals surface area contributed by atoms with Crippen LogP contribution in [0.15, 0.2) is 79.0 Å². The molecule has 0 aliphatic carbocycles. The van der Waals surface area contributed by atoms with Crippen LogP contribution in [0.3, 0.4) is 0 Å². The van der Waals surface area contributed by atoms with Gasteiger partial charge in [0.2, 0.25) is 5.91 Å². The van der Waals surface area contributed by atoms with Gasteiger partial charge in [-0.2, -0.15) is 0 Å². The van der Waals surface area contributed by atoms with Crippen LogP contribution in [0, 0.1) is 6.92 Å². The molecule has 1 heterocycles. The zero-order valence-electron chi connectivity index (χ0n) is 15.1. The van der Waals surface area contributed by atoms with Gasteiger partial charge in [0.15, 0.2) is 0 Å². The van der Waals surface area contributed by atoms with Crippen LogP contribution in [0.4, 0.5) is 0 Å². The van der Waals surface area contributed by atoms with Crippen molar-refractivity contribution >= 4 is 5.91 Å². The van der Waals surface area contributed by atoms with E-state index in [1.54, 1.807) is 6.20 Å². The zero-order chi connectivity index (χ0) is 18.2. The average Bonchev–Trinajstić information content (AvgIpc) is 2.69. The lowest BCUT2D eigenvalue weighted by Crippen LogP contribution is -2.29. The van der Waals surface area contributed by atoms with Crippen LogP contribution in [0.25, 0.3) is 0 Å². The van der Waals surface area contributed by atoms with Crippen molar-refractivity contribution in [2.45, 2.75) is 32.2 Å². The molecular formula is C23H24N2O. The number of nitrogens with zero attached hydrogens (tertiary/aromatic N) is 1. The van der Waals surface area contributed by atoms with Crippen LogP contribution < -0.4 is 5.32 Å². The lowest BCUT2D eigenvalue weighted by molar-refractivity contribution is -0.121. The Morgan fingerprint density at radius 2 is 1.69 bits per heavy atom. The van der Waals surface area contributed by atoms with Gasteiger partial charge in [0.1, 0.15) is 0 Å². The van der Waals surface area contributed by atoms with E-state index in [-0.39, 0.29) is 11.9 Å². The zero-order valence-corrected chi connectivity index (χ0v) is 15.1. The first kappa shape index (κ1) is 17.9. The molecule has 0 unspecified atom stereocenters. The Morgan fingerprint density at radius 1 is 0.962 bits per heavy atom. The van der Waals surface area contributed by atoms with E-state index in [0.717, 1.165) is 24.1 Å². The molecule has 1 aromatic heterocycles. The number of rotatable bonds is 7. The molecule has 0 spiro atoms. The van der Waals surface area contributed by atoms with Crippen LogP contribution in [0.5, 0.6) is 0 Å². The maximum Gasteiger partial charge on any atom is 0.220 e. The summed E-state index contributed by atoms with van der Waals surface area (Å²) in [6.45, 7) is 2.08. The second-order valence-corrected chi connectivity index (χ2v) is 6.50. The van der Waals surface area contributed by atoms with E-state index in [1.807, 2.05) is 48.5 Å². The fourth-order valence-corrected chi connectivity index (χ4v) is 2.96. The molecule has 3 nitrogen and oxygen atoms in total.